The number of rotatable bonds is 44. The van der Waals surface area contributed by atoms with Crippen LogP contribution < -0.4 is 0 Å². The van der Waals surface area contributed by atoms with Crippen LogP contribution in [-0.4, -0.2) is 80.6 Å². The number of aliphatic carboxylic acids is 1. The summed E-state index contributed by atoms with van der Waals surface area (Å²) in [6.07, 6.45) is 59.2. The number of nitrogens with zero attached hydrogens (tertiary/aromatic N) is 1. The first-order valence-corrected chi connectivity index (χ1v) is 25.1. The molecular weight excluding hydrogens is 787 g/mol. The number of hydrogen-bond donors (Lipinski definition) is 1. The molecule has 0 aliphatic rings. The highest BCUT2D eigenvalue weighted by Gasteiger charge is 2.31. The molecule has 2 unspecified atom stereocenters. The van der Waals surface area contributed by atoms with Gasteiger partial charge in [0.15, 0.2) is 12.1 Å². The molecule has 0 amide bonds. The predicted octanol–water partition coefficient (Wildman–Crippen LogP) is 14.5. The highest BCUT2D eigenvalue weighted by molar-refractivity contribution is 5.72. The number of carboxylic acids is 1. The number of carbonyl (C=O) groups is 3. The Labute approximate surface area is 386 Å². The molecule has 0 spiro atoms. The highest BCUT2D eigenvalue weighted by atomic mass is 16.6. The van der Waals surface area contributed by atoms with E-state index in [1.165, 1.54) is 89.9 Å². The number of allylic oxidation sites excluding steroid dienone is 14. The predicted molar refractivity (Wildman–Crippen MR) is 266 cm³/mol. The molecule has 63 heavy (non-hydrogen) atoms. The summed E-state index contributed by atoms with van der Waals surface area (Å²) in [7, 11) is 5.51. The number of ether oxygens (including phenoxy) is 3. The van der Waals surface area contributed by atoms with E-state index in [2.05, 4.69) is 98.9 Å². The monoisotopic (exact) mass is 881 g/mol. The van der Waals surface area contributed by atoms with Crippen LogP contribution in [0.15, 0.2) is 85.1 Å². The van der Waals surface area contributed by atoms with Crippen molar-refractivity contribution in [2.45, 2.75) is 206 Å². The van der Waals surface area contributed by atoms with Gasteiger partial charge in [0.2, 0.25) is 0 Å². The van der Waals surface area contributed by atoms with Crippen molar-refractivity contribution in [1.29, 1.82) is 0 Å². The minimum Gasteiger partial charge on any atom is -0.477 e. The lowest BCUT2D eigenvalue weighted by molar-refractivity contribution is -0.887. The van der Waals surface area contributed by atoms with Gasteiger partial charge >= 0.3 is 17.9 Å². The van der Waals surface area contributed by atoms with Gasteiger partial charge in [0.05, 0.1) is 34.4 Å². The van der Waals surface area contributed by atoms with E-state index >= 15 is 0 Å². The number of quaternary nitrogens is 1. The lowest BCUT2D eigenvalue weighted by Gasteiger charge is -2.31. The average Bonchev–Trinajstić information content (AvgIpc) is 3.24. The maximum atomic E-state index is 12.7. The maximum Gasteiger partial charge on any atom is 0.362 e. The van der Waals surface area contributed by atoms with Gasteiger partial charge in [0, 0.05) is 19.3 Å². The molecule has 0 aromatic heterocycles. The Morgan fingerprint density at radius 1 is 0.476 bits per heavy atom. The molecule has 8 heteroatoms. The molecule has 0 aromatic rings. The molecule has 0 aromatic carbocycles. The van der Waals surface area contributed by atoms with Crippen LogP contribution in [0.25, 0.3) is 0 Å². The molecule has 2 atom stereocenters. The van der Waals surface area contributed by atoms with Gasteiger partial charge < -0.3 is 23.8 Å². The molecular formula is C55H94NO7+. The smallest absolute Gasteiger partial charge is 0.362 e. The van der Waals surface area contributed by atoms with Crippen LogP contribution >= 0.6 is 0 Å². The molecule has 0 rings (SSSR count). The molecule has 8 nitrogen and oxygen atoms in total. The first-order chi connectivity index (χ1) is 30.6. The third kappa shape index (κ3) is 43.5. The first-order valence-electron chi connectivity index (χ1n) is 25.1. The number of unbranched alkanes of at least 4 members (excludes halogenated alkanes) is 16. The number of hydrogen-bond acceptors (Lipinski definition) is 6. The van der Waals surface area contributed by atoms with Crippen LogP contribution in [0.5, 0.6) is 0 Å². The SMILES string of the molecule is CCCCC/C=C/C/C=C/C/C=C/C/C=C/CCCC(=O)OC(COCCC(C(=O)O)[N+](C)(C)C)COC(=O)CCCCCCCCCCC/C=C/C/C=C/C/C=C/CCCCC. The number of likely N-dealkylation sites (N-methyl/N-ethyl adjacent to an activating group) is 1. The normalized spacial score (nSPS) is 13.6. The Balaban J connectivity index is 4.35. The van der Waals surface area contributed by atoms with E-state index < -0.39 is 18.1 Å². The summed E-state index contributed by atoms with van der Waals surface area (Å²) in [5.41, 5.74) is 0. The molecule has 0 saturated heterocycles. The summed E-state index contributed by atoms with van der Waals surface area (Å²) >= 11 is 0. The molecule has 0 heterocycles. The Morgan fingerprint density at radius 2 is 0.857 bits per heavy atom. The van der Waals surface area contributed by atoms with Crippen LogP contribution in [0.3, 0.4) is 0 Å². The summed E-state index contributed by atoms with van der Waals surface area (Å²) < 4.78 is 17.3. The fourth-order valence-electron chi connectivity index (χ4n) is 6.85. The van der Waals surface area contributed by atoms with Gasteiger partial charge in [-0.05, 0) is 89.9 Å². The van der Waals surface area contributed by atoms with E-state index in [4.69, 9.17) is 14.2 Å². The molecule has 0 aliphatic carbocycles. The van der Waals surface area contributed by atoms with E-state index in [1.54, 1.807) is 0 Å². The maximum absolute atomic E-state index is 12.7. The minimum absolute atomic E-state index is 0.0333. The lowest BCUT2D eigenvalue weighted by Crippen LogP contribution is -2.50. The summed E-state index contributed by atoms with van der Waals surface area (Å²) in [5.74, 6) is -1.55. The average molecular weight is 881 g/mol. The van der Waals surface area contributed by atoms with E-state index in [-0.39, 0.29) is 42.7 Å². The quantitative estimate of drug-likeness (QED) is 0.0282. The van der Waals surface area contributed by atoms with Crippen molar-refractivity contribution in [3.63, 3.8) is 0 Å². The zero-order valence-corrected chi connectivity index (χ0v) is 41.0. The van der Waals surface area contributed by atoms with Crippen molar-refractivity contribution in [1.82, 2.24) is 0 Å². The zero-order chi connectivity index (χ0) is 46.3. The highest BCUT2D eigenvalue weighted by Crippen LogP contribution is 2.14. The molecule has 0 aliphatic heterocycles. The second-order valence-corrected chi connectivity index (χ2v) is 17.7. The van der Waals surface area contributed by atoms with Crippen LogP contribution in [0.1, 0.15) is 194 Å². The standard InChI is InChI=1S/C55H93NO7/c1-6-8-10-12-14-16-18-20-22-24-25-26-27-28-30-31-33-35-37-39-41-43-45-53(57)62-50-51(49-61-48-47-52(55(59)60)56(3,4)5)63-54(58)46-44-42-40-38-36-34-32-29-23-21-19-17-15-13-11-9-7-2/h14-17,20-23,25-26,32,34,38,40,51-52H,6-13,18-19,24,27-31,33,35-37,39,41-50H2,1-5H3/p+1/b16-14+,17-15+,22-20+,23-21+,26-25+,34-32+,40-38+. The third-order valence-corrected chi connectivity index (χ3v) is 10.8. The van der Waals surface area contributed by atoms with E-state index in [0.29, 0.717) is 19.3 Å². The molecule has 1 N–H and O–H groups in total. The summed E-state index contributed by atoms with van der Waals surface area (Å²) in [4.78, 5) is 37.1. The zero-order valence-electron chi connectivity index (χ0n) is 41.0. The lowest BCUT2D eigenvalue weighted by atomic mass is 10.1. The number of esters is 2. The van der Waals surface area contributed by atoms with Crippen molar-refractivity contribution in [3.8, 4) is 0 Å². The Hall–Kier alpha value is -3.49. The van der Waals surface area contributed by atoms with Gasteiger partial charge in [0.25, 0.3) is 0 Å². The van der Waals surface area contributed by atoms with Crippen molar-refractivity contribution in [3.05, 3.63) is 85.1 Å². The summed E-state index contributed by atoms with van der Waals surface area (Å²) in [6.45, 7) is 4.61. The molecule has 0 saturated carbocycles. The van der Waals surface area contributed by atoms with Gasteiger partial charge in [-0.25, -0.2) is 4.79 Å². The number of carbonyl (C=O) groups excluding carboxylic acids is 2. The summed E-state index contributed by atoms with van der Waals surface area (Å²) in [6, 6.07) is -0.630. The van der Waals surface area contributed by atoms with Gasteiger partial charge in [-0.3, -0.25) is 9.59 Å². The van der Waals surface area contributed by atoms with Crippen molar-refractivity contribution in [2.75, 3.05) is 41.0 Å². The Kier molecular flexibility index (Phi) is 42.6. The van der Waals surface area contributed by atoms with Crippen molar-refractivity contribution in [2.24, 2.45) is 0 Å². The van der Waals surface area contributed by atoms with Gasteiger partial charge in [-0.2, -0.15) is 0 Å². The first kappa shape index (κ1) is 59.5. The summed E-state index contributed by atoms with van der Waals surface area (Å²) in [5, 5.41) is 9.65. The topological polar surface area (TPSA) is 99.1 Å². The molecule has 0 bridgehead atoms. The van der Waals surface area contributed by atoms with E-state index in [9.17, 15) is 19.5 Å². The second-order valence-electron chi connectivity index (χ2n) is 17.7. The molecule has 0 radical (unpaired) electrons. The van der Waals surface area contributed by atoms with Crippen molar-refractivity contribution >= 4 is 17.9 Å². The van der Waals surface area contributed by atoms with Crippen LogP contribution in [0.4, 0.5) is 0 Å². The Morgan fingerprint density at radius 3 is 1.29 bits per heavy atom. The van der Waals surface area contributed by atoms with E-state index in [1.807, 2.05) is 21.1 Å². The van der Waals surface area contributed by atoms with E-state index in [0.717, 1.165) is 64.2 Å². The number of carboxylic acid groups (broad SMARTS) is 1. The largest absolute Gasteiger partial charge is 0.477 e. The fourth-order valence-corrected chi connectivity index (χ4v) is 6.85. The minimum atomic E-state index is -0.887. The van der Waals surface area contributed by atoms with Gasteiger partial charge in [0.1, 0.15) is 6.61 Å². The second kappa shape index (κ2) is 45.1. The van der Waals surface area contributed by atoms with Crippen LogP contribution in [0.2, 0.25) is 0 Å². The van der Waals surface area contributed by atoms with Crippen molar-refractivity contribution < 1.29 is 38.2 Å². The molecule has 0 fully saturated rings. The van der Waals surface area contributed by atoms with Gasteiger partial charge in [-0.15, -0.1) is 0 Å². The van der Waals surface area contributed by atoms with Crippen LogP contribution in [0, 0.1) is 0 Å². The molecule has 360 valence electrons. The van der Waals surface area contributed by atoms with Crippen LogP contribution in [-0.2, 0) is 28.6 Å². The Bertz CT molecular complexity index is 1300. The third-order valence-electron chi connectivity index (χ3n) is 10.8. The fraction of sp³-hybridized carbons (Fsp3) is 0.691. The van der Waals surface area contributed by atoms with Gasteiger partial charge in [-0.1, -0.05) is 170 Å².